The van der Waals surface area contributed by atoms with Crippen LogP contribution in [0.3, 0.4) is 0 Å². The van der Waals surface area contributed by atoms with Gasteiger partial charge in [-0.15, -0.1) is 0 Å². The Kier molecular flexibility index (Phi) is 5.73. The zero-order chi connectivity index (χ0) is 15.2. The molecule has 0 saturated heterocycles. The zero-order valence-corrected chi connectivity index (χ0v) is 13.2. The van der Waals surface area contributed by atoms with Crippen LogP contribution in [-0.4, -0.2) is 35.9 Å². The maximum Gasteiger partial charge on any atom is 0.287 e. The van der Waals surface area contributed by atoms with Gasteiger partial charge in [-0.1, -0.05) is 0 Å². The second-order valence-electron chi connectivity index (χ2n) is 5.42. The Morgan fingerprint density at radius 1 is 1.43 bits per heavy atom. The molecule has 0 radical (unpaired) electrons. The van der Waals surface area contributed by atoms with Crippen LogP contribution in [0.4, 0.5) is 0 Å². The summed E-state index contributed by atoms with van der Waals surface area (Å²) in [5.74, 6) is 1.18. The molecule has 5 nitrogen and oxygen atoms in total. The van der Waals surface area contributed by atoms with Gasteiger partial charge in [0.25, 0.3) is 5.91 Å². The van der Waals surface area contributed by atoms with Gasteiger partial charge in [-0.25, -0.2) is 0 Å². The van der Waals surface area contributed by atoms with E-state index in [1.807, 2.05) is 13.2 Å². The van der Waals surface area contributed by atoms with Gasteiger partial charge in [0.2, 0.25) is 5.91 Å². The molecule has 1 heterocycles. The summed E-state index contributed by atoms with van der Waals surface area (Å²) >= 11 is 1.65. The SMILES string of the molecule is CSCC[C@H](NC(=O)c1ccco1)C(=O)N[C@@H](C)C1CC1. The van der Waals surface area contributed by atoms with Crippen LogP contribution in [0.1, 0.15) is 36.7 Å². The summed E-state index contributed by atoms with van der Waals surface area (Å²) in [4.78, 5) is 24.4. The summed E-state index contributed by atoms with van der Waals surface area (Å²) in [6, 6.07) is 2.90. The Bertz CT molecular complexity index is 471. The molecule has 116 valence electrons. The van der Waals surface area contributed by atoms with E-state index in [-0.39, 0.29) is 23.6 Å². The van der Waals surface area contributed by atoms with Crippen molar-refractivity contribution in [1.29, 1.82) is 0 Å². The smallest absolute Gasteiger partial charge is 0.287 e. The summed E-state index contributed by atoms with van der Waals surface area (Å²) in [5, 5.41) is 5.77. The summed E-state index contributed by atoms with van der Waals surface area (Å²) in [7, 11) is 0. The minimum atomic E-state index is -0.517. The highest BCUT2D eigenvalue weighted by Gasteiger charge is 2.31. The maximum atomic E-state index is 12.3. The van der Waals surface area contributed by atoms with Crippen molar-refractivity contribution in [3.63, 3.8) is 0 Å². The molecule has 1 aromatic rings. The van der Waals surface area contributed by atoms with E-state index in [0.29, 0.717) is 12.3 Å². The molecule has 2 rings (SSSR count). The lowest BCUT2D eigenvalue weighted by Crippen LogP contribution is -2.49. The Labute approximate surface area is 129 Å². The Hall–Kier alpha value is -1.43. The molecule has 0 aromatic carbocycles. The lowest BCUT2D eigenvalue weighted by molar-refractivity contribution is -0.123. The van der Waals surface area contributed by atoms with Gasteiger partial charge in [-0.05, 0) is 56.2 Å². The monoisotopic (exact) mass is 310 g/mol. The molecule has 1 saturated carbocycles. The summed E-state index contributed by atoms with van der Waals surface area (Å²) in [6.45, 7) is 2.02. The van der Waals surface area contributed by atoms with Crippen LogP contribution >= 0.6 is 11.8 Å². The number of hydrogen-bond donors (Lipinski definition) is 2. The molecule has 21 heavy (non-hydrogen) atoms. The molecule has 1 aliphatic carbocycles. The molecule has 0 spiro atoms. The number of carbonyl (C=O) groups excluding carboxylic acids is 2. The van der Waals surface area contributed by atoms with Crippen LogP contribution in [-0.2, 0) is 4.79 Å². The summed E-state index contributed by atoms with van der Waals surface area (Å²) in [5.41, 5.74) is 0. The molecular formula is C15H22N2O3S. The van der Waals surface area contributed by atoms with Crippen molar-refractivity contribution in [2.75, 3.05) is 12.0 Å². The van der Waals surface area contributed by atoms with Gasteiger partial charge in [-0.2, -0.15) is 11.8 Å². The van der Waals surface area contributed by atoms with Crippen molar-refractivity contribution >= 4 is 23.6 Å². The van der Waals surface area contributed by atoms with Crippen molar-refractivity contribution in [2.24, 2.45) is 5.92 Å². The number of nitrogens with one attached hydrogen (secondary N) is 2. The van der Waals surface area contributed by atoms with Gasteiger partial charge in [0.15, 0.2) is 5.76 Å². The van der Waals surface area contributed by atoms with Crippen molar-refractivity contribution < 1.29 is 14.0 Å². The molecule has 2 N–H and O–H groups in total. The maximum absolute atomic E-state index is 12.3. The number of amides is 2. The fourth-order valence-corrected chi connectivity index (χ4v) is 2.65. The van der Waals surface area contributed by atoms with Crippen LogP contribution in [0, 0.1) is 5.92 Å². The first kappa shape index (κ1) is 15.9. The van der Waals surface area contributed by atoms with E-state index in [4.69, 9.17) is 4.42 Å². The normalized spacial score (nSPS) is 17.0. The number of rotatable bonds is 8. The first-order chi connectivity index (χ1) is 10.1. The van der Waals surface area contributed by atoms with Crippen LogP contribution in [0.25, 0.3) is 0 Å². The number of furan rings is 1. The Morgan fingerprint density at radius 2 is 2.19 bits per heavy atom. The number of hydrogen-bond acceptors (Lipinski definition) is 4. The molecule has 0 aliphatic heterocycles. The molecule has 1 aromatic heterocycles. The van der Waals surface area contributed by atoms with E-state index in [2.05, 4.69) is 10.6 Å². The minimum Gasteiger partial charge on any atom is -0.459 e. The lowest BCUT2D eigenvalue weighted by Gasteiger charge is -2.20. The van der Waals surface area contributed by atoms with Gasteiger partial charge in [0, 0.05) is 6.04 Å². The molecule has 0 unspecified atom stereocenters. The predicted molar refractivity (Wildman–Crippen MR) is 83.3 cm³/mol. The minimum absolute atomic E-state index is 0.108. The third-order valence-electron chi connectivity index (χ3n) is 3.68. The van der Waals surface area contributed by atoms with Crippen LogP contribution in [0.2, 0.25) is 0 Å². The molecule has 6 heteroatoms. The van der Waals surface area contributed by atoms with Crippen LogP contribution < -0.4 is 10.6 Å². The second-order valence-corrected chi connectivity index (χ2v) is 6.41. The average Bonchev–Trinajstić information content (AvgIpc) is 3.18. The van der Waals surface area contributed by atoms with Gasteiger partial charge in [0.1, 0.15) is 6.04 Å². The van der Waals surface area contributed by atoms with Crippen molar-refractivity contribution in [2.45, 2.75) is 38.3 Å². The summed E-state index contributed by atoms with van der Waals surface area (Å²) in [6.07, 6.45) is 6.39. The highest BCUT2D eigenvalue weighted by Crippen LogP contribution is 2.32. The fraction of sp³-hybridized carbons (Fsp3) is 0.600. The third kappa shape index (κ3) is 4.81. The van der Waals surface area contributed by atoms with E-state index in [0.717, 1.165) is 5.75 Å². The Balaban J connectivity index is 1.92. The van der Waals surface area contributed by atoms with E-state index >= 15 is 0 Å². The molecule has 1 aliphatic rings. The molecule has 1 fully saturated rings. The molecule has 2 atom stereocenters. The average molecular weight is 310 g/mol. The van der Waals surface area contributed by atoms with E-state index in [1.165, 1.54) is 19.1 Å². The Morgan fingerprint density at radius 3 is 2.76 bits per heavy atom. The number of carbonyl (C=O) groups is 2. The topological polar surface area (TPSA) is 71.3 Å². The highest BCUT2D eigenvalue weighted by molar-refractivity contribution is 7.98. The largest absolute Gasteiger partial charge is 0.459 e. The highest BCUT2D eigenvalue weighted by atomic mass is 32.2. The first-order valence-electron chi connectivity index (χ1n) is 7.25. The van der Waals surface area contributed by atoms with Crippen molar-refractivity contribution in [3.05, 3.63) is 24.2 Å². The standard InChI is InChI=1S/C15H22N2O3S/c1-10(11-5-6-11)16-14(18)12(7-9-21-2)17-15(19)13-4-3-8-20-13/h3-4,8,10-12H,5-7,9H2,1-2H3,(H,16,18)(H,17,19)/t10-,12-/m0/s1. The van der Waals surface area contributed by atoms with E-state index < -0.39 is 6.04 Å². The lowest BCUT2D eigenvalue weighted by atomic mass is 10.1. The molecular weight excluding hydrogens is 288 g/mol. The van der Waals surface area contributed by atoms with Crippen LogP contribution in [0.5, 0.6) is 0 Å². The first-order valence-corrected chi connectivity index (χ1v) is 8.65. The second kappa shape index (κ2) is 7.54. The van der Waals surface area contributed by atoms with Gasteiger partial charge >= 0.3 is 0 Å². The van der Waals surface area contributed by atoms with Gasteiger partial charge < -0.3 is 15.1 Å². The van der Waals surface area contributed by atoms with Crippen molar-refractivity contribution in [1.82, 2.24) is 10.6 Å². The fourth-order valence-electron chi connectivity index (χ4n) is 2.18. The summed E-state index contributed by atoms with van der Waals surface area (Å²) < 4.78 is 5.06. The molecule has 2 amide bonds. The van der Waals surface area contributed by atoms with Gasteiger partial charge in [-0.3, -0.25) is 9.59 Å². The van der Waals surface area contributed by atoms with Gasteiger partial charge in [0.05, 0.1) is 6.26 Å². The van der Waals surface area contributed by atoms with Crippen molar-refractivity contribution in [3.8, 4) is 0 Å². The van der Waals surface area contributed by atoms with E-state index in [1.54, 1.807) is 23.9 Å². The third-order valence-corrected chi connectivity index (χ3v) is 4.32. The molecule has 0 bridgehead atoms. The quantitative estimate of drug-likeness (QED) is 0.771. The zero-order valence-electron chi connectivity index (χ0n) is 12.4. The number of thioether (sulfide) groups is 1. The van der Waals surface area contributed by atoms with E-state index in [9.17, 15) is 9.59 Å². The van der Waals surface area contributed by atoms with Crippen LogP contribution in [0.15, 0.2) is 22.8 Å². The predicted octanol–water partition coefficient (Wildman–Crippen LogP) is 2.05.